The molecule has 1 amide bonds. The number of unbranched alkanes of at least 4 members (excludes halogenated alkanes) is 1. The van der Waals surface area contributed by atoms with Crippen LogP contribution >= 0.6 is 12.4 Å². The van der Waals surface area contributed by atoms with Crippen molar-refractivity contribution in [2.75, 3.05) is 19.6 Å². The fraction of sp³-hybridized carbons (Fsp3) is 0.600. The summed E-state index contributed by atoms with van der Waals surface area (Å²) in [6, 6.07) is 7.83. The Morgan fingerprint density at radius 2 is 1.96 bits per heavy atom. The number of halogens is 1. The average molecular weight is 367 g/mol. The number of rotatable bonds is 9. The molecule has 1 aliphatic heterocycles. The molecule has 1 unspecified atom stereocenters. The second kappa shape index (κ2) is 12.0. The van der Waals surface area contributed by atoms with Gasteiger partial charge in [0.05, 0.1) is 0 Å². The molecule has 1 aromatic carbocycles. The molecule has 5 heteroatoms. The number of Topliss-reactive ketones (excluding diaryl/α,β-unsaturated/α-hetero) is 1. The van der Waals surface area contributed by atoms with E-state index in [0.29, 0.717) is 18.0 Å². The standard InChI is InChI=1S/C20H30N2O2.ClH/c1-2-3-5-16-7-9-18(10-8-16)19(23)11-12-20(24)22-15-17-6-4-13-21-14-17;/h7-10,17,21H,2-6,11-15H2,1H3,(H,22,24);1H. The lowest BCUT2D eigenvalue weighted by atomic mass is 9.99. The Hall–Kier alpha value is -1.39. The van der Waals surface area contributed by atoms with Gasteiger partial charge in [0.1, 0.15) is 0 Å². The van der Waals surface area contributed by atoms with Crippen molar-refractivity contribution in [3.8, 4) is 0 Å². The first-order valence-corrected chi connectivity index (χ1v) is 9.28. The van der Waals surface area contributed by atoms with Gasteiger partial charge in [-0.3, -0.25) is 9.59 Å². The highest BCUT2D eigenvalue weighted by Gasteiger charge is 2.14. The predicted molar refractivity (Wildman–Crippen MR) is 104 cm³/mol. The van der Waals surface area contributed by atoms with Crippen LogP contribution in [0.15, 0.2) is 24.3 Å². The molecule has 1 atom stereocenters. The fourth-order valence-corrected chi connectivity index (χ4v) is 3.05. The van der Waals surface area contributed by atoms with E-state index < -0.39 is 0 Å². The fourth-order valence-electron chi connectivity index (χ4n) is 3.05. The summed E-state index contributed by atoms with van der Waals surface area (Å²) in [5, 5.41) is 6.30. The molecular formula is C20H31ClN2O2. The van der Waals surface area contributed by atoms with Crippen LogP contribution in [0, 0.1) is 5.92 Å². The first-order valence-electron chi connectivity index (χ1n) is 9.28. The summed E-state index contributed by atoms with van der Waals surface area (Å²) in [5.41, 5.74) is 1.98. The molecule has 1 fully saturated rings. The minimum Gasteiger partial charge on any atom is -0.356 e. The van der Waals surface area contributed by atoms with E-state index in [9.17, 15) is 9.59 Å². The van der Waals surface area contributed by atoms with Crippen LogP contribution in [0.4, 0.5) is 0 Å². The van der Waals surface area contributed by atoms with Crippen LogP contribution in [0.2, 0.25) is 0 Å². The topological polar surface area (TPSA) is 58.2 Å². The smallest absolute Gasteiger partial charge is 0.220 e. The average Bonchev–Trinajstić information content (AvgIpc) is 2.64. The lowest BCUT2D eigenvalue weighted by Gasteiger charge is -2.22. The molecule has 0 saturated carbocycles. The number of aryl methyl sites for hydroxylation is 1. The van der Waals surface area contributed by atoms with Crippen LogP contribution < -0.4 is 10.6 Å². The number of amides is 1. The van der Waals surface area contributed by atoms with Crippen molar-refractivity contribution in [2.45, 2.75) is 51.9 Å². The van der Waals surface area contributed by atoms with Crippen LogP contribution in [0.5, 0.6) is 0 Å². The molecule has 1 heterocycles. The minimum absolute atomic E-state index is 0. The maximum Gasteiger partial charge on any atom is 0.220 e. The zero-order chi connectivity index (χ0) is 17.2. The Labute approximate surface area is 157 Å². The third-order valence-electron chi connectivity index (χ3n) is 4.66. The van der Waals surface area contributed by atoms with Gasteiger partial charge in [-0.1, -0.05) is 37.6 Å². The Kier molecular flexibility index (Phi) is 10.4. The number of ketones is 1. The van der Waals surface area contributed by atoms with Gasteiger partial charge < -0.3 is 10.6 Å². The summed E-state index contributed by atoms with van der Waals surface area (Å²) >= 11 is 0. The zero-order valence-electron chi connectivity index (χ0n) is 15.2. The lowest BCUT2D eigenvalue weighted by molar-refractivity contribution is -0.121. The quantitative estimate of drug-likeness (QED) is 0.657. The minimum atomic E-state index is -0.0199. The molecule has 0 radical (unpaired) electrons. The Balaban J connectivity index is 0.00000312. The Bertz CT molecular complexity index is 525. The SMILES string of the molecule is CCCCc1ccc(C(=O)CCC(=O)NCC2CCCNC2)cc1.Cl. The first-order chi connectivity index (χ1) is 11.7. The van der Waals surface area contributed by atoms with Gasteiger partial charge in [-0.25, -0.2) is 0 Å². The molecule has 2 N–H and O–H groups in total. The van der Waals surface area contributed by atoms with Crippen molar-refractivity contribution in [1.82, 2.24) is 10.6 Å². The molecule has 4 nitrogen and oxygen atoms in total. The number of hydrogen-bond acceptors (Lipinski definition) is 3. The predicted octanol–water partition coefficient (Wildman–Crippen LogP) is 3.53. The van der Waals surface area contributed by atoms with Crippen molar-refractivity contribution >= 4 is 24.1 Å². The number of carbonyl (C=O) groups excluding carboxylic acids is 2. The van der Waals surface area contributed by atoms with E-state index in [1.807, 2.05) is 24.3 Å². The van der Waals surface area contributed by atoms with Crippen molar-refractivity contribution in [3.05, 3.63) is 35.4 Å². The van der Waals surface area contributed by atoms with Crippen molar-refractivity contribution in [3.63, 3.8) is 0 Å². The molecule has 1 saturated heterocycles. The van der Waals surface area contributed by atoms with E-state index >= 15 is 0 Å². The number of piperidine rings is 1. The number of hydrogen-bond donors (Lipinski definition) is 2. The Morgan fingerprint density at radius 3 is 2.60 bits per heavy atom. The Morgan fingerprint density at radius 1 is 1.20 bits per heavy atom. The van der Waals surface area contributed by atoms with Crippen LogP contribution in [0.3, 0.4) is 0 Å². The lowest BCUT2D eigenvalue weighted by Crippen LogP contribution is -2.38. The van der Waals surface area contributed by atoms with E-state index in [0.717, 1.165) is 25.9 Å². The van der Waals surface area contributed by atoms with Gasteiger partial charge >= 0.3 is 0 Å². The molecule has 1 aromatic rings. The molecule has 0 aliphatic carbocycles. The summed E-state index contributed by atoms with van der Waals surface area (Å²) in [6.07, 6.45) is 6.30. The van der Waals surface area contributed by atoms with E-state index in [4.69, 9.17) is 0 Å². The van der Waals surface area contributed by atoms with Gasteiger partial charge in [0.25, 0.3) is 0 Å². The van der Waals surface area contributed by atoms with Crippen LogP contribution in [0.1, 0.15) is 61.4 Å². The highest BCUT2D eigenvalue weighted by Crippen LogP contribution is 2.11. The molecule has 0 aromatic heterocycles. The second-order valence-corrected chi connectivity index (χ2v) is 6.74. The number of carbonyl (C=O) groups is 2. The summed E-state index contributed by atoms with van der Waals surface area (Å²) in [7, 11) is 0. The van der Waals surface area contributed by atoms with Crippen molar-refractivity contribution in [1.29, 1.82) is 0 Å². The monoisotopic (exact) mass is 366 g/mol. The van der Waals surface area contributed by atoms with Gasteiger partial charge in [0.2, 0.25) is 5.91 Å². The van der Waals surface area contributed by atoms with Crippen LogP contribution in [-0.4, -0.2) is 31.3 Å². The second-order valence-electron chi connectivity index (χ2n) is 6.74. The van der Waals surface area contributed by atoms with Crippen molar-refractivity contribution in [2.24, 2.45) is 5.92 Å². The molecule has 0 bridgehead atoms. The highest BCUT2D eigenvalue weighted by molar-refractivity contribution is 5.97. The largest absolute Gasteiger partial charge is 0.356 e. The van der Waals surface area contributed by atoms with Gasteiger partial charge in [-0.15, -0.1) is 12.4 Å². The van der Waals surface area contributed by atoms with Gasteiger partial charge in [-0.2, -0.15) is 0 Å². The maximum absolute atomic E-state index is 12.2. The van der Waals surface area contributed by atoms with E-state index in [-0.39, 0.29) is 36.9 Å². The molecule has 25 heavy (non-hydrogen) atoms. The molecule has 2 rings (SSSR count). The molecular weight excluding hydrogens is 336 g/mol. The van der Waals surface area contributed by atoms with Crippen molar-refractivity contribution < 1.29 is 9.59 Å². The zero-order valence-corrected chi connectivity index (χ0v) is 16.0. The van der Waals surface area contributed by atoms with Crippen LogP contribution in [0.25, 0.3) is 0 Å². The van der Waals surface area contributed by atoms with E-state index in [1.54, 1.807) is 0 Å². The summed E-state index contributed by atoms with van der Waals surface area (Å²) in [5.74, 6) is 0.550. The summed E-state index contributed by atoms with van der Waals surface area (Å²) in [6.45, 7) is 4.94. The third kappa shape index (κ3) is 8.02. The maximum atomic E-state index is 12.2. The highest BCUT2D eigenvalue weighted by atomic mass is 35.5. The van der Waals surface area contributed by atoms with Gasteiger partial charge in [0.15, 0.2) is 5.78 Å². The molecule has 140 valence electrons. The molecule has 1 aliphatic rings. The van der Waals surface area contributed by atoms with Gasteiger partial charge in [0, 0.05) is 24.9 Å². The van der Waals surface area contributed by atoms with Gasteiger partial charge in [-0.05, 0) is 50.3 Å². The number of nitrogens with one attached hydrogen (secondary N) is 2. The first kappa shape index (κ1) is 21.7. The van der Waals surface area contributed by atoms with Crippen LogP contribution in [-0.2, 0) is 11.2 Å². The number of benzene rings is 1. The van der Waals surface area contributed by atoms with E-state index in [2.05, 4.69) is 17.6 Å². The molecule has 0 spiro atoms. The summed E-state index contributed by atoms with van der Waals surface area (Å²) in [4.78, 5) is 24.1. The summed E-state index contributed by atoms with van der Waals surface area (Å²) < 4.78 is 0. The normalized spacial score (nSPS) is 16.8. The van der Waals surface area contributed by atoms with E-state index in [1.165, 1.54) is 24.8 Å². The third-order valence-corrected chi connectivity index (χ3v) is 4.66.